The van der Waals surface area contributed by atoms with Gasteiger partial charge in [0.1, 0.15) is 0 Å². The van der Waals surface area contributed by atoms with E-state index >= 15 is 0 Å². The number of unbranched alkanes of at least 4 members (excludes halogenated alkanes) is 3. The number of nitrogens with zero attached hydrogens (tertiary/aromatic N) is 3. The molecule has 0 atom stereocenters. The van der Waals surface area contributed by atoms with Gasteiger partial charge in [-0.25, -0.2) is 0 Å². The van der Waals surface area contributed by atoms with Crippen molar-refractivity contribution in [2.75, 3.05) is 48.7 Å². The van der Waals surface area contributed by atoms with E-state index in [9.17, 15) is 0 Å². The van der Waals surface area contributed by atoms with Gasteiger partial charge in [-0.3, -0.25) is 9.97 Å². The van der Waals surface area contributed by atoms with Crippen LogP contribution in [0.4, 0.5) is 11.4 Å². The number of nitrogens with one attached hydrogen (secondary N) is 2. The maximum Gasteiger partial charge on any atom is 0.0398 e. The summed E-state index contributed by atoms with van der Waals surface area (Å²) in [7, 11) is 0. The van der Waals surface area contributed by atoms with Crippen molar-refractivity contribution in [1.29, 1.82) is 0 Å². The van der Waals surface area contributed by atoms with Gasteiger partial charge in [-0.2, -0.15) is 0 Å². The summed E-state index contributed by atoms with van der Waals surface area (Å²) in [5.74, 6) is 1.14. The van der Waals surface area contributed by atoms with Gasteiger partial charge in [-0.15, -0.1) is 11.8 Å². The average Bonchev–Trinajstić information content (AvgIpc) is 2.87. The highest BCUT2D eigenvalue weighted by atomic mass is 32.2. The fraction of sp³-hybridized carbons (Fsp3) is 0.407. The summed E-state index contributed by atoms with van der Waals surface area (Å²) in [6.07, 6.45) is 12.5. The lowest BCUT2D eigenvalue weighted by Gasteiger charge is -2.31. The molecule has 0 spiro atoms. The summed E-state index contributed by atoms with van der Waals surface area (Å²) in [6, 6.07) is 13.0. The summed E-state index contributed by atoms with van der Waals surface area (Å²) < 4.78 is 0. The van der Waals surface area contributed by atoms with Gasteiger partial charge in [-0.1, -0.05) is 12.8 Å². The van der Waals surface area contributed by atoms with Crippen LogP contribution in [0.15, 0.2) is 66.1 Å². The van der Waals surface area contributed by atoms with Gasteiger partial charge in [0.25, 0.3) is 0 Å². The third kappa shape index (κ3) is 6.95. The van der Waals surface area contributed by atoms with Crippen LogP contribution in [-0.4, -0.2) is 48.4 Å². The molecule has 3 heterocycles. The first-order valence-electron chi connectivity index (χ1n) is 12.1. The maximum atomic E-state index is 4.31. The van der Waals surface area contributed by atoms with Gasteiger partial charge in [0.05, 0.1) is 0 Å². The van der Waals surface area contributed by atoms with Crippen LogP contribution in [0.2, 0.25) is 0 Å². The molecule has 0 bridgehead atoms. The molecule has 6 heteroatoms. The first-order valence-corrected chi connectivity index (χ1v) is 13.1. The highest BCUT2D eigenvalue weighted by Crippen LogP contribution is 2.31. The van der Waals surface area contributed by atoms with Crippen molar-refractivity contribution in [2.45, 2.75) is 37.5 Å². The van der Waals surface area contributed by atoms with Crippen LogP contribution in [0.3, 0.4) is 0 Å². The summed E-state index contributed by atoms with van der Waals surface area (Å²) in [6.45, 7) is 7.61. The first-order chi connectivity index (χ1) is 16.3. The predicted molar refractivity (Wildman–Crippen MR) is 141 cm³/mol. The second-order valence-electron chi connectivity index (χ2n) is 8.54. The molecule has 5 nitrogen and oxygen atoms in total. The normalized spacial score (nSPS) is 13.8. The number of aryl methyl sites for hydroxylation is 1. The number of pyridine rings is 2. The van der Waals surface area contributed by atoms with Crippen LogP contribution in [0.1, 0.15) is 31.2 Å². The van der Waals surface area contributed by atoms with E-state index in [-0.39, 0.29) is 0 Å². The van der Waals surface area contributed by atoms with E-state index in [1.54, 1.807) is 0 Å². The topological polar surface area (TPSA) is 53.1 Å². The molecule has 174 valence electrons. The van der Waals surface area contributed by atoms with Gasteiger partial charge in [0, 0.05) is 79.3 Å². The lowest BCUT2D eigenvalue weighted by atomic mass is 10.1. The third-order valence-corrected chi connectivity index (χ3v) is 7.24. The van der Waals surface area contributed by atoms with E-state index in [0.717, 1.165) is 38.5 Å². The Morgan fingerprint density at radius 2 is 1.73 bits per heavy atom. The highest BCUT2D eigenvalue weighted by Gasteiger charge is 2.12. The number of hydrogen-bond donors (Lipinski definition) is 2. The van der Waals surface area contributed by atoms with Crippen LogP contribution in [-0.2, 0) is 0 Å². The Morgan fingerprint density at radius 3 is 2.55 bits per heavy atom. The van der Waals surface area contributed by atoms with E-state index in [1.807, 2.05) is 48.7 Å². The molecule has 0 saturated carbocycles. The Labute approximate surface area is 202 Å². The molecule has 1 aliphatic heterocycles. The van der Waals surface area contributed by atoms with E-state index in [4.69, 9.17) is 0 Å². The number of thioether (sulfide) groups is 1. The molecule has 0 amide bonds. The first kappa shape index (κ1) is 23.6. The zero-order chi connectivity index (χ0) is 22.7. The molecule has 1 aromatic carbocycles. The van der Waals surface area contributed by atoms with Gasteiger partial charge in [-0.05, 0) is 73.0 Å². The minimum atomic E-state index is 1.04. The predicted octanol–water partition coefficient (Wildman–Crippen LogP) is 5.63. The van der Waals surface area contributed by atoms with E-state index in [1.165, 1.54) is 58.6 Å². The van der Waals surface area contributed by atoms with Crippen molar-refractivity contribution in [3.8, 4) is 11.1 Å². The summed E-state index contributed by atoms with van der Waals surface area (Å²) in [4.78, 5) is 12.2. The Bertz CT molecular complexity index is 989. The smallest absolute Gasteiger partial charge is 0.0398 e. The fourth-order valence-electron chi connectivity index (χ4n) is 4.28. The number of aromatic nitrogens is 2. The van der Waals surface area contributed by atoms with Gasteiger partial charge < -0.3 is 15.5 Å². The van der Waals surface area contributed by atoms with Crippen LogP contribution in [0.5, 0.6) is 0 Å². The molecule has 1 fully saturated rings. The molecule has 1 aliphatic rings. The number of anilines is 2. The fourth-order valence-corrected chi connectivity index (χ4v) is 5.33. The lowest BCUT2D eigenvalue weighted by Crippen LogP contribution is -2.43. The number of rotatable bonds is 11. The molecule has 0 radical (unpaired) electrons. The number of piperazine rings is 1. The molecule has 33 heavy (non-hydrogen) atoms. The minimum Gasteiger partial charge on any atom is -0.385 e. The maximum absolute atomic E-state index is 4.31. The Hall–Kier alpha value is -2.57. The van der Waals surface area contributed by atoms with Crippen molar-refractivity contribution >= 4 is 23.1 Å². The van der Waals surface area contributed by atoms with Crippen LogP contribution in [0, 0.1) is 6.92 Å². The summed E-state index contributed by atoms with van der Waals surface area (Å²) >= 11 is 1.93. The van der Waals surface area contributed by atoms with Crippen LogP contribution >= 0.6 is 11.8 Å². The number of benzene rings is 1. The number of hydrogen-bond acceptors (Lipinski definition) is 6. The molecule has 2 N–H and O–H groups in total. The van der Waals surface area contributed by atoms with Crippen molar-refractivity contribution in [2.24, 2.45) is 0 Å². The van der Waals surface area contributed by atoms with Crippen molar-refractivity contribution < 1.29 is 0 Å². The molecule has 4 rings (SSSR count). The summed E-state index contributed by atoms with van der Waals surface area (Å²) in [5.41, 5.74) is 6.36. The Morgan fingerprint density at radius 1 is 0.939 bits per heavy atom. The Kier molecular flexibility index (Phi) is 9.01. The molecule has 1 saturated heterocycles. The Balaban J connectivity index is 1.13. The average molecular weight is 462 g/mol. The van der Waals surface area contributed by atoms with Crippen molar-refractivity contribution in [3.05, 3.63) is 66.7 Å². The van der Waals surface area contributed by atoms with E-state index in [0.29, 0.717) is 0 Å². The minimum absolute atomic E-state index is 1.04. The largest absolute Gasteiger partial charge is 0.385 e. The third-order valence-electron chi connectivity index (χ3n) is 6.08. The van der Waals surface area contributed by atoms with Crippen LogP contribution < -0.4 is 15.5 Å². The van der Waals surface area contributed by atoms with Crippen molar-refractivity contribution in [1.82, 2.24) is 15.3 Å². The van der Waals surface area contributed by atoms with Gasteiger partial charge >= 0.3 is 0 Å². The zero-order valence-electron chi connectivity index (χ0n) is 19.6. The molecular formula is C27H35N5S. The highest BCUT2D eigenvalue weighted by molar-refractivity contribution is 7.99. The standard InChI is InChI=1S/C27H35N5S/c1-22-20-24(6-7-26(22)32-17-15-29-16-18-32)31-11-4-2-3-5-19-33-27-10-14-30-21-25(27)23-8-12-28-13-9-23/h6-10,12-14,20-21,29,31H,2-5,11,15-19H2,1H3. The van der Waals surface area contributed by atoms with Crippen LogP contribution in [0.25, 0.3) is 11.1 Å². The van der Waals surface area contributed by atoms with Crippen molar-refractivity contribution in [3.63, 3.8) is 0 Å². The molecule has 2 aromatic heterocycles. The molecule has 0 aliphatic carbocycles. The summed E-state index contributed by atoms with van der Waals surface area (Å²) in [5, 5.41) is 7.04. The zero-order valence-corrected chi connectivity index (χ0v) is 20.4. The second-order valence-corrected chi connectivity index (χ2v) is 9.67. The molecular weight excluding hydrogens is 426 g/mol. The second kappa shape index (κ2) is 12.6. The SMILES string of the molecule is Cc1cc(NCCCCCCSc2ccncc2-c2ccncc2)ccc1N1CCNCC1. The van der Waals surface area contributed by atoms with E-state index in [2.05, 4.69) is 56.7 Å². The molecule has 0 unspecified atom stereocenters. The quantitative estimate of drug-likeness (QED) is 0.285. The monoisotopic (exact) mass is 461 g/mol. The molecule has 3 aromatic rings. The van der Waals surface area contributed by atoms with Gasteiger partial charge in [0.15, 0.2) is 0 Å². The van der Waals surface area contributed by atoms with Gasteiger partial charge in [0.2, 0.25) is 0 Å². The lowest BCUT2D eigenvalue weighted by molar-refractivity contribution is 0.588. The van der Waals surface area contributed by atoms with E-state index < -0.39 is 0 Å².